The molecule has 1 N–H and O–H groups in total. The molecule has 2 aromatic carbocycles. The molecule has 1 saturated heterocycles. The van der Waals surface area contributed by atoms with Crippen molar-refractivity contribution in [2.45, 2.75) is 38.8 Å². The van der Waals surface area contributed by atoms with E-state index in [1.165, 1.54) is 10.5 Å². The van der Waals surface area contributed by atoms with Crippen LogP contribution in [0.3, 0.4) is 0 Å². The Morgan fingerprint density at radius 2 is 1.74 bits per heavy atom. The number of ether oxygens (including phenoxy) is 2. The molecule has 6 nitrogen and oxygen atoms in total. The van der Waals surface area contributed by atoms with Crippen molar-refractivity contribution >= 4 is 11.9 Å². The Bertz CT molecular complexity index is 894. The first-order valence-electron chi connectivity index (χ1n) is 9.13. The fourth-order valence-electron chi connectivity index (χ4n) is 3.55. The van der Waals surface area contributed by atoms with Gasteiger partial charge in [-0.05, 0) is 42.2 Å². The third kappa shape index (κ3) is 3.01. The molecule has 27 heavy (non-hydrogen) atoms. The van der Waals surface area contributed by atoms with E-state index in [4.69, 9.17) is 9.47 Å². The number of carbonyl (C=O) groups is 2. The van der Waals surface area contributed by atoms with Gasteiger partial charge in [-0.2, -0.15) is 0 Å². The van der Waals surface area contributed by atoms with Crippen molar-refractivity contribution in [3.8, 4) is 11.5 Å². The lowest BCUT2D eigenvalue weighted by Gasteiger charge is -2.22. The maximum Gasteiger partial charge on any atom is 0.325 e. The lowest BCUT2D eigenvalue weighted by atomic mass is 9.91. The van der Waals surface area contributed by atoms with Crippen LogP contribution < -0.4 is 14.8 Å². The number of nitrogens with one attached hydrogen (secondary N) is 1. The smallest absolute Gasteiger partial charge is 0.325 e. The lowest BCUT2D eigenvalue weighted by Crippen LogP contribution is -2.40. The first-order valence-corrected chi connectivity index (χ1v) is 9.13. The highest BCUT2D eigenvalue weighted by atomic mass is 16.7. The van der Waals surface area contributed by atoms with Crippen LogP contribution in [0.15, 0.2) is 42.5 Å². The highest BCUT2D eigenvalue weighted by Crippen LogP contribution is 2.34. The summed E-state index contributed by atoms with van der Waals surface area (Å²) in [5.41, 5.74) is 1.76. The first kappa shape index (κ1) is 17.4. The van der Waals surface area contributed by atoms with E-state index in [2.05, 4.69) is 12.2 Å². The van der Waals surface area contributed by atoms with E-state index < -0.39 is 11.6 Å². The Hall–Kier alpha value is -3.02. The standard InChI is InChI=1S/C21H22N2O4/c1-3-4-14-5-8-16(9-6-14)21(2)19(24)23(20(25)22-21)12-15-7-10-17-18(11-15)27-13-26-17/h5-11H,3-4,12-13H2,1-2H3,(H,22,25). The number of benzene rings is 2. The number of nitrogens with zero attached hydrogens (tertiary/aromatic N) is 1. The van der Waals surface area contributed by atoms with E-state index in [1.807, 2.05) is 30.3 Å². The zero-order valence-corrected chi connectivity index (χ0v) is 15.5. The second-order valence-corrected chi connectivity index (χ2v) is 7.08. The quantitative estimate of drug-likeness (QED) is 0.824. The number of imide groups is 1. The van der Waals surface area contributed by atoms with Crippen molar-refractivity contribution in [3.63, 3.8) is 0 Å². The summed E-state index contributed by atoms with van der Waals surface area (Å²) in [6, 6.07) is 12.9. The topological polar surface area (TPSA) is 67.9 Å². The number of hydrogen-bond donors (Lipinski definition) is 1. The van der Waals surface area contributed by atoms with Crippen LogP contribution in [0.4, 0.5) is 4.79 Å². The van der Waals surface area contributed by atoms with Gasteiger partial charge >= 0.3 is 6.03 Å². The Kier molecular flexibility index (Phi) is 4.26. The van der Waals surface area contributed by atoms with E-state index >= 15 is 0 Å². The van der Waals surface area contributed by atoms with Crippen LogP contribution in [-0.4, -0.2) is 23.6 Å². The Morgan fingerprint density at radius 3 is 2.48 bits per heavy atom. The Balaban J connectivity index is 1.56. The van der Waals surface area contributed by atoms with Crippen LogP contribution in [0.1, 0.15) is 37.0 Å². The molecule has 0 radical (unpaired) electrons. The molecule has 0 bridgehead atoms. The van der Waals surface area contributed by atoms with Gasteiger partial charge in [0.1, 0.15) is 5.54 Å². The normalized spacial score (nSPS) is 20.9. The molecule has 4 rings (SSSR count). The average molecular weight is 366 g/mol. The molecule has 0 aliphatic carbocycles. The van der Waals surface area contributed by atoms with Gasteiger partial charge in [-0.25, -0.2) is 4.79 Å². The van der Waals surface area contributed by atoms with E-state index in [0.717, 1.165) is 24.0 Å². The van der Waals surface area contributed by atoms with Crippen LogP contribution >= 0.6 is 0 Å². The third-order valence-electron chi connectivity index (χ3n) is 5.12. The van der Waals surface area contributed by atoms with Gasteiger partial charge in [0, 0.05) is 0 Å². The highest BCUT2D eigenvalue weighted by molar-refractivity contribution is 6.07. The number of rotatable bonds is 5. The van der Waals surface area contributed by atoms with Crippen molar-refractivity contribution in [1.82, 2.24) is 10.2 Å². The van der Waals surface area contributed by atoms with Crippen LogP contribution in [0.2, 0.25) is 0 Å². The summed E-state index contributed by atoms with van der Waals surface area (Å²) in [4.78, 5) is 26.8. The molecule has 1 fully saturated rings. The minimum atomic E-state index is -1.06. The van der Waals surface area contributed by atoms with E-state index in [1.54, 1.807) is 19.1 Å². The fourth-order valence-corrected chi connectivity index (χ4v) is 3.55. The number of aryl methyl sites for hydroxylation is 1. The van der Waals surface area contributed by atoms with Gasteiger partial charge in [-0.15, -0.1) is 0 Å². The van der Waals surface area contributed by atoms with Crippen LogP contribution in [0.25, 0.3) is 0 Å². The summed E-state index contributed by atoms with van der Waals surface area (Å²) >= 11 is 0. The average Bonchev–Trinajstić information content (AvgIpc) is 3.21. The van der Waals surface area contributed by atoms with Crippen molar-refractivity contribution in [1.29, 1.82) is 0 Å². The monoisotopic (exact) mass is 366 g/mol. The number of amides is 3. The van der Waals surface area contributed by atoms with Gasteiger partial charge in [0.25, 0.3) is 5.91 Å². The molecule has 6 heteroatoms. The number of hydrogen-bond acceptors (Lipinski definition) is 4. The largest absolute Gasteiger partial charge is 0.454 e. The van der Waals surface area contributed by atoms with Crippen LogP contribution in [0, 0.1) is 0 Å². The predicted octanol–water partition coefficient (Wildman–Crippen LogP) is 3.34. The number of carbonyl (C=O) groups excluding carboxylic acids is 2. The second-order valence-electron chi connectivity index (χ2n) is 7.08. The summed E-state index contributed by atoms with van der Waals surface area (Å²) in [6.07, 6.45) is 2.06. The summed E-state index contributed by atoms with van der Waals surface area (Å²) in [5.74, 6) is 1.05. The van der Waals surface area contributed by atoms with Gasteiger partial charge in [0.15, 0.2) is 11.5 Å². The summed E-state index contributed by atoms with van der Waals surface area (Å²) in [6.45, 7) is 4.25. The molecule has 2 aliphatic heterocycles. The Labute approximate surface area is 158 Å². The lowest BCUT2D eigenvalue weighted by molar-refractivity contribution is -0.131. The minimum Gasteiger partial charge on any atom is -0.454 e. The molecule has 1 unspecified atom stereocenters. The molecule has 3 amide bonds. The summed E-state index contributed by atoms with van der Waals surface area (Å²) in [7, 11) is 0. The highest BCUT2D eigenvalue weighted by Gasteiger charge is 2.48. The SMILES string of the molecule is CCCc1ccc(C2(C)NC(=O)N(Cc3ccc4c(c3)OCO4)C2=O)cc1. The number of urea groups is 1. The van der Waals surface area contributed by atoms with Crippen molar-refractivity contribution < 1.29 is 19.1 Å². The van der Waals surface area contributed by atoms with Crippen LogP contribution in [-0.2, 0) is 23.3 Å². The molecule has 1 atom stereocenters. The van der Waals surface area contributed by atoms with Gasteiger partial charge in [-0.3, -0.25) is 9.69 Å². The maximum atomic E-state index is 13.1. The molecule has 140 valence electrons. The molecule has 2 aromatic rings. The molecule has 0 aromatic heterocycles. The van der Waals surface area contributed by atoms with Gasteiger partial charge < -0.3 is 14.8 Å². The zero-order chi connectivity index (χ0) is 19.0. The molecular formula is C21H22N2O4. The first-order chi connectivity index (χ1) is 13.0. The van der Waals surface area contributed by atoms with Crippen molar-refractivity contribution in [3.05, 3.63) is 59.2 Å². The van der Waals surface area contributed by atoms with Crippen molar-refractivity contribution in [2.75, 3.05) is 6.79 Å². The van der Waals surface area contributed by atoms with E-state index in [-0.39, 0.29) is 19.2 Å². The third-order valence-corrected chi connectivity index (χ3v) is 5.12. The van der Waals surface area contributed by atoms with Crippen molar-refractivity contribution in [2.24, 2.45) is 0 Å². The van der Waals surface area contributed by atoms with E-state index in [9.17, 15) is 9.59 Å². The van der Waals surface area contributed by atoms with Gasteiger partial charge in [0.05, 0.1) is 6.54 Å². The molecule has 0 saturated carbocycles. The predicted molar refractivity (Wildman–Crippen MR) is 99.4 cm³/mol. The van der Waals surface area contributed by atoms with E-state index in [0.29, 0.717) is 11.5 Å². The Morgan fingerprint density at radius 1 is 1.04 bits per heavy atom. The van der Waals surface area contributed by atoms with Gasteiger partial charge in [-0.1, -0.05) is 43.7 Å². The zero-order valence-electron chi connectivity index (χ0n) is 15.5. The number of fused-ring (bicyclic) bond motifs is 1. The molecular weight excluding hydrogens is 344 g/mol. The second kappa shape index (κ2) is 6.61. The summed E-state index contributed by atoms with van der Waals surface area (Å²) in [5, 5.41) is 2.85. The fraction of sp³-hybridized carbons (Fsp3) is 0.333. The summed E-state index contributed by atoms with van der Waals surface area (Å²) < 4.78 is 10.7. The van der Waals surface area contributed by atoms with Crippen LogP contribution in [0.5, 0.6) is 11.5 Å². The molecule has 0 spiro atoms. The van der Waals surface area contributed by atoms with Gasteiger partial charge in [0.2, 0.25) is 6.79 Å². The molecule has 2 aliphatic rings. The maximum absolute atomic E-state index is 13.1. The molecule has 2 heterocycles. The minimum absolute atomic E-state index is 0.185.